The average molecular weight is 439 g/mol. The van der Waals surface area contributed by atoms with E-state index in [9.17, 15) is 13.2 Å². The van der Waals surface area contributed by atoms with Gasteiger partial charge in [-0.15, -0.1) is 0 Å². The maximum absolute atomic E-state index is 12.8. The van der Waals surface area contributed by atoms with Crippen LogP contribution in [0, 0.1) is 0 Å². The van der Waals surface area contributed by atoms with E-state index in [4.69, 9.17) is 0 Å². The molecule has 8 heteroatoms. The highest BCUT2D eigenvalue weighted by atomic mass is 19.4. The summed E-state index contributed by atoms with van der Waals surface area (Å²) in [6.45, 7) is 4.60. The molecule has 2 aliphatic heterocycles. The van der Waals surface area contributed by atoms with Crippen LogP contribution < -0.4 is 4.90 Å². The molecule has 0 radical (unpaired) electrons. The first-order valence-electron chi connectivity index (χ1n) is 10.9. The molecule has 3 aromatic rings. The molecule has 0 amide bonds. The third-order valence-corrected chi connectivity index (χ3v) is 6.13. The topological polar surface area (TPSA) is 45.2 Å². The molecule has 0 saturated carbocycles. The van der Waals surface area contributed by atoms with E-state index >= 15 is 0 Å². The fourth-order valence-electron chi connectivity index (χ4n) is 4.36. The Morgan fingerprint density at radius 2 is 1.66 bits per heavy atom. The molecule has 166 valence electrons. The third-order valence-electron chi connectivity index (χ3n) is 6.13. The molecule has 32 heavy (non-hydrogen) atoms. The van der Waals surface area contributed by atoms with E-state index in [1.807, 2.05) is 6.20 Å². The molecule has 2 aromatic heterocycles. The van der Waals surface area contributed by atoms with Crippen molar-refractivity contribution < 1.29 is 13.2 Å². The van der Waals surface area contributed by atoms with Gasteiger partial charge in [0.25, 0.3) is 0 Å². The number of nitrogens with zero attached hydrogens (tertiary/aromatic N) is 5. The summed E-state index contributed by atoms with van der Waals surface area (Å²) in [5.74, 6) is 1.52. The van der Waals surface area contributed by atoms with E-state index in [0.29, 0.717) is 11.4 Å². The molecule has 0 unspecified atom stereocenters. The number of halogens is 3. The molecular weight excluding hydrogens is 415 g/mol. The predicted octanol–water partition coefficient (Wildman–Crippen LogP) is 4.72. The Morgan fingerprint density at radius 1 is 0.875 bits per heavy atom. The maximum atomic E-state index is 12.8. The predicted molar refractivity (Wildman–Crippen MR) is 116 cm³/mol. The summed E-state index contributed by atoms with van der Waals surface area (Å²) in [6, 6.07) is 9.27. The monoisotopic (exact) mass is 439 g/mol. The number of anilines is 1. The van der Waals surface area contributed by atoms with Gasteiger partial charge in [-0.2, -0.15) is 13.2 Å². The second kappa shape index (κ2) is 8.50. The summed E-state index contributed by atoms with van der Waals surface area (Å²) in [6.07, 6.45) is 2.68. The molecule has 5 nitrogen and oxygen atoms in total. The Hall–Kier alpha value is -3.00. The van der Waals surface area contributed by atoms with Crippen LogP contribution in [0.1, 0.15) is 35.2 Å². The van der Waals surface area contributed by atoms with Gasteiger partial charge < -0.3 is 4.90 Å². The smallest absolute Gasteiger partial charge is 0.357 e. The Kier molecular flexibility index (Phi) is 5.55. The lowest BCUT2D eigenvalue weighted by atomic mass is 10.1. The molecule has 0 aliphatic carbocycles. The fourth-order valence-corrected chi connectivity index (χ4v) is 4.36. The van der Waals surface area contributed by atoms with Gasteiger partial charge in [-0.3, -0.25) is 4.90 Å². The minimum absolute atomic E-state index is 0.465. The van der Waals surface area contributed by atoms with Gasteiger partial charge in [0.15, 0.2) is 5.82 Å². The van der Waals surface area contributed by atoms with E-state index in [1.54, 1.807) is 6.20 Å². The highest BCUT2D eigenvalue weighted by Gasteiger charge is 2.30. The highest BCUT2D eigenvalue weighted by Crippen LogP contribution is 2.30. The van der Waals surface area contributed by atoms with Gasteiger partial charge in [0.1, 0.15) is 5.82 Å². The first-order chi connectivity index (χ1) is 15.5. The van der Waals surface area contributed by atoms with E-state index in [1.165, 1.54) is 30.5 Å². The zero-order valence-corrected chi connectivity index (χ0v) is 17.6. The lowest BCUT2D eigenvalue weighted by Crippen LogP contribution is -2.31. The standard InChI is InChI=1S/C24H24F3N5/c25-24(26,27)20-6-4-18(5-7-20)23-29-14-19-16-31(12-9-21(19)30-23)15-17-3-8-22(28-13-17)32-10-1-2-11-32/h3-8,13-14H,1-2,9-12,15-16H2. The van der Waals surface area contributed by atoms with Gasteiger partial charge in [-0.1, -0.05) is 18.2 Å². The zero-order chi connectivity index (χ0) is 22.1. The van der Waals surface area contributed by atoms with Crippen LogP contribution in [-0.2, 0) is 25.7 Å². The van der Waals surface area contributed by atoms with E-state index in [-0.39, 0.29) is 0 Å². The highest BCUT2D eigenvalue weighted by molar-refractivity contribution is 5.56. The average Bonchev–Trinajstić information content (AvgIpc) is 3.34. The van der Waals surface area contributed by atoms with Crippen LogP contribution in [-0.4, -0.2) is 39.5 Å². The molecule has 2 aliphatic rings. The maximum Gasteiger partial charge on any atom is 0.416 e. The van der Waals surface area contributed by atoms with Crippen molar-refractivity contribution in [3.05, 3.63) is 71.2 Å². The number of alkyl halides is 3. The number of pyridine rings is 1. The Morgan fingerprint density at radius 3 is 2.34 bits per heavy atom. The largest absolute Gasteiger partial charge is 0.416 e. The quantitative estimate of drug-likeness (QED) is 0.589. The number of fused-ring (bicyclic) bond motifs is 1. The van der Waals surface area contributed by atoms with Gasteiger partial charge in [-0.05, 0) is 36.6 Å². The molecular formula is C24H24F3N5. The van der Waals surface area contributed by atoms with Crippen LogP contribution >= 0.6 is 0 Å². The molecule has 0 N–H and O–H groups in total. The van der Waals surface area contributed by atoms with Crippen molar-refractivity contribution in [1.82, 2.24) is 19.9 Å². The summed E-state index contributed by atoms with van der Waals surface area (Å²) in [5.41, 5.74) is 3.13. The summed E-state index contributed by atoms with van der Waals surface area (Å²) in [5, 5.41) is 0. The zero-order valence-electron chi connectivity index (χ0n) is 17.6. The van der Waals surface area contributed by atoms with Crippen molar-refractivity contribution in [1.29, 1.82) is 0 Å². The summed E-state index contributed by atoms with van der Waals surface area (Å²) < 4.78 is 38.4. The Bertz CT molecular complexity index is 1070. The van der Waals surface area contributed by atoms with Gasteiger partial charge in [0.05, 0.1) is 11.3 Å². The number of hydrogen-bond donors (Lipinski definition) is 0. The molecule has 0 atom stereocenters. The minimum atomic E-state index is -4.34. The van der Waals surface area contributed by atoms with Gasteiger partial charge in [0.2, 0.25) is 0 Å². The van der Waals surface area contributed by atoms with Crippen LogP contribution in [0.25, 0.3) is 11.4 Å². The van der Waals surface area contributed by atoms with Crippen LogP contribution in [0.3, 0.4) is 0 Å². The number of hydrogen-bond acceptors (Lipinski definition) is 5. The first kappa shape index (κ1) is 20.9. The van der Waals surface area contributed by atoms with Crippen LogP contribution in [0.4, 0.5) is 19.0 Å². The van der Waals surface area contributed by atoms with Crippen molar-refractivity contribution in [3.8, 4) is 11.4 Å². The number of rotatable bonds is 4. The molecule has 1 aromatic carbocycles. The van der Waals surface area contributed by atoms with Crippen molar-refractivity contribution >= 4 is 5.82 Å². The Balaban J connectivity index is 1.24. The molecule has 5 rings (SSSR count). The molecule has 1 saturated heterocycles. The van der Waals surface area contributed by atoms with E-state index in [0.717, 1.165) is 68.4 Å². The van der Waals surface area contributed by atoms with Crippen molar-refractivity contribution in [2.24, 2.45) is 0 Å². The second-order valence-electron chi connectivity index (χ2n) is 8.42. The van der Waals surface area contributed by atoms with Gasteiger partial charge in [0, 0.05) is 62.7 Å². The molecule has 1 fully saturated rings. The van der Waals surface area contributed by atoms with Crippen LogP contribution in [0.15, 0.2) is 48.8 Å². The van der Waals surface area contributed by atoms with Gasteiger partial charge in [-0.25, -0.2) is 15.0 Å². The normalized spacial score (nSPS) is 16.9. The lowest BCUT2D eigenvalue weighted by Gasteiger charge is -2.28. The lowest BCUT2D eigenvalue weighted by molar-refractivity contribution is -0.137. The van der Waals surface area contributed by atoms with E-state index < -0.39 is 11.7 Å². The van der Waals surface area contributed by atoms with E-state index in [2.05, 4.69) is 36.9 Å². The van der Waals surface area contributed by atoms with Crippen molar-refractivity contribution in [2.75, 3.05) is 24.5 Å². The SMILES string of the molecule is FC(F)(F)c1ccc(-c2ncc3c(n2)CCN(Cc2ccc(N4CCCC4)nc2)C3)cc1. The molecule has 4 heterocycles. The Labute approximate surface area is 184 Å². The summed E-state index contributed by atoms with van der Waals surface area (Å²) in [7, 11) is 0. The van der Waals surface area contributed by atoms with Crippen LogP contribution in [0.2, 0.25) is 0 Å². The summed E-state index contributed by atoms with van der Waals surface area (Å²) >= 11 is 0. The van der Waals surface area contributed by atoms with Crippen LogP contribution in [0.5, 0.6) is 0 Å². The van der Waals surface area contributed by atoms with Gasteiger partial charge >= 0.3 is 6.18 Å². The fraction of sp³-hybridized carbons (Fsp3) is 0.375. The number of aromatic nitrogens is 3. The van der Waals surface area contributed by atoms with Crippen molar-refractivity contribution in [2.45, 2.75) is 38.5 Å². The number of benzene rings is 1. The minimum Gasteiger partial charge on any atom is -0.357 e. The second-order valence-corrected chi connectivity index (χ2v) is 8.42. The van der Waals surface area contributed by atoms with Crippen molar-refractivity contribution in [3.63, 3.8) is 0 Å². The molecule has 0 bridgehead atoms. The first-order valence-corrected chi connectivity index (χ1v) is 10.9. The summed E-state index contributed by atoms with van der Waals surface area (Å²) in [4.78, 5) is 18.4. The third kappa shape index (κ3) is 4.46. The molecule has 0 spiro atoms.